The summed E-state index contributed by atoms with van der Waals surface area (Å²) >= 11 is 0. The molecule has 7 nitrogen and oxygen atoms in total. The van der Waals surface area contributed by atoms with Gasteiger partial charge in [0.1, 0.15) is 0 Å². The van der Waals surface area contributed by atoms with Crippen molar-refractivity contribution in [3.05, 3.63) is 35.4 Å². The van der Waals surface area contributed by atoms with Crippen molar-refractivity contribution >= 4 is 5.96 Å². The number of guanidine groups is 1. The lowest BCUT2D eigenvalue weighted by molar-refractivity contribution is -0.00834. The van der Waals surface area contributed by atoms with E-state index >= 15 is 0 Å². The topological polar surface area (TPSA) is 61.4 Å². The molecule has 2 saturated heterocycles. The summed E-state index contributed by atoms with van der Waals surface area (Å²) < 4.78 is 11.0. The average molecular weight is 418 g/mol. The fourth-order valence-electron chi connectivity index (χ4n) is 3.95. The van der Waals surface area contributed by atoms with Crippen LogP contribution in [0.1, 0.15) is 31.9 Å². The Kier molecular flexibility index (Phi) is 8.93. The summed E-state index contributed by atoms with van der Waals surface area (Å²) in [6.07, 6.45) is 0. The highest BCUT2D eigenvalue weighted by molar-refractivity contribution is 5.79. The molecular formula is C23H39N5O2. The summed E-state index contributed by atoms with van der Waals surface area (Å²) in [6, 6.07) is 8.65. The van der Waals surface area contributed by atoms with E-state index in [1.165, 1.54) is 11.1 Å². The molecular weight excluding hydrogens is 378 g/mol. The van der Waals surface area contributed by atoms with Gasteiger partial charge >= 0.3 is 0 Å². The number of rotatable bonds is 8. The van der Waals surface area contributed by atoms with Crippen LogP contribution in [-0.2, 0) is 22.6 Å². The largest absolute Gasteiger partial charge is 0.379 e. The highest BCUT2D eigenvalue weighted by atomic mass is 16.5. The predicted octanol–water partition coefficient (Wildman–Crippen LogP) is 1.68. The zero-order valence-electron chi connectivity index (χ0n) is 19.0. The Balaban J connectivity index is 1.60. The maximum absolute atomic E-state index is 5.50. The molecule has 3 rings (SSSR count). The van der Waals surface area contributed by atoms with Gasteiger partial charge in [0.25, 0.3) is 0 Å². The molecule has 0 unspecified atom stereocenters. The predicted molar refractivity (Wildman–Crippen MR) is 122 cm³/mol. The molecule has 0 spiro atoms. The van der Waals surface area contributed by atoms with Gasteiger partial charge in [0.2, 0.25) is 0 Å². The van der Waals surface area contributed by atoms with Crippen molar-refractivity contribution in [2.24, 2.45) is 4.99 Å². The number of aliphatic imine (C=N–C) groups is 1. The lowest BCUT2D eigenvalue weighted by Gasteiger charge is -2.41. The number of ether oxygens (including phenoxy) is 2. The van der Waals surface area contributed by atoms with Crippen LogP contribution in [0.15, 0.2) is 29.3 Å². The fraction of sp³-hybridized carbons (Fsp3) is 0.696. The molecule has 0 amide bonds. The van der Waals surface area contributed by atoms with Gasteiger partial charge in [-0.1, -0.05) is 24.3 Å². The van der Waals surface area contributed by atoms with E-state index in [2.05, 4.69) is 65.5 Å². The van der Waals surface area contributed by atoms with E-state index in [0.717, 1.165) is 78.2 Å². The molecule has 7 heteroatoms. The summed E-state index contributed by atoms with van der Waals surface area (Å²) in [5.74, 6) is 0.875. The molecule has 2 N–H and O–H groups in total. The molecule has 0 saturated carbocycles. The van der Waals surface area contributed by atoms with Gasteiger partial charge in [-0.05, 0) is 31.9 Å². The van der Waals surface area contributed by atoms with E-state index in [1.807, 2.05) is 0 Å². The smallest absolute Gasteiger partial charge is 0.191 e. The number of hydrogen-bond donors (Lipinski definition) is 2. The van der Waals surface area contributed by atoms with Crippen molar-refractivity contribution < 1.29 is 9.47 Å². The lowest BCUT2D eigenvalue weighted by Crippen LogP contribution is -2.56. The zero-order valence-corrected chi connectivity index (χ0v) is 19.0. The Morgan fingerprint density at radius 2 is 1.60 bits per heavy atom. The van der Waals surface area contributed by atoms with Crippen LogP contribution in [0.2, 0.25) is 0 Å². The molecule has 30 heavy (non-hydrogen) atoms. The number of morpholine rings is 2. The maximum Gasteiger partial charge on any atom is 0.191 e. The minimum Gasteiger partial charge on any atom is -0.379 e. The van der Waals surface area contributed by atoms with Gasteiger partial charge in [0, 0.05) is 51.4 Å². The van der Waals surface area contributed by atoms with Gasteiger partial charge in [-0.3, -0.25) is 9.80 Å². The minimum absolute atomic E-state index is 0.0498. The molecule has 2 heterocycles. The summed E-state index contributed by atoms with van der Waals surface area (Å²) in [5, 5.41) is 6.96. The Morgan fingerprint density at radius 3 is 2.27 bits per heavy atom. The van der Waals surface area contributed by atoms with Gasteiger partial charge in [-0.25, -0.2) is 4.99 Å². The third-order valence-electron chi connectivity index (χ3n) is 5.92. The van der Waals surface area contributed by atoms with E-state index in [1.54, 1.807) is 0 Å². The van der Waals surface area contributed by atoms with Gasteiger partial charge < -0.3 is 20.1 Å². The second-order valence-corrected chi connectivity index (χ2v) is 8.62. The third-order valence-corrected chi connectivity index (χ3v) is 5.92. The molecule has 2 aliphatic rings. The summed E-state index contributed by atoms with van der Waals surface area (Å²) in [6.45, 7) is 17.3. The van der Waals surface area contributed by atoms with Crippen LogP contribution >= 0.6 is 0 Å². The van der Waals surface area contributed by atoms with E-state index in [0.29, 0.717) is 6.54 Å². The van der Waals surface area contributed by atoms with Crippen molar-refractivity contribution in [3.8, 4) is 0 Å². The third kappa shape index (κ3) is 6.94. The van der Waals surface area contributed by atoms with Crippen LogP contribution in [0.3, 0.4) is 0 Å². The first-order valence-electron chi connectivity index (χ1n) is 11.3. The zero-order chi connectivity index (χ0) is 21.2. The first-order valence-corrected chi connectivity index (χ1v) is 11.3. The fourth-order valence-corrected chi connectivity index (χ4v) is 3.95. The van der Waals surface area contributed by atoms with Crippen LogP contribution in [0.25, 0.3) is 0 Å². The number of benzene rings is 1. The highest BCUT2D eigenvalue weighted by Crippen LogP contribution is 2.16. The van der Waals surface area contributed by atoms with Crippen molar-refractivity contribution in [1.29, 1.82) is 0 Å². The highest BCUT2D eigenvalue weighted by Gasteiger charge is 2.28. The molecule has 0 atom stereocenters. The van der Waals surface area contributed by atoms with Gasteiger partial charge in [-0.15, -0.1) is 0 Å². The van der Waals surface area contributed by atoms with Crippen LogP contribution in [0, 0.1) is 0 Å². The molecule has 0 aromatic heterocycles. The molecule has 2 fully saturated rings. The molecule has 168 valence electrons. The summed E-state index contributed by atoms with van der Waals surface area (Å²) in [4.78, 5) is 9.84. The molecule has 0 radical (unpaired) electrons. The first-order chi connectivity index (χ1) is 14.6. The Bertz CT molecular complexity index is 667. The molecule has 2 aliphatic heterocycles. The normalized spacial score (nSPS) is 19.6. The Labute approximate surface area is 181 Å². The maximum atomic E-state index is 5.50. The van der Waals surface area contributed by atoms with E-state index in [9.17, 15) is 0 Å². The van der Waals surface area contributed by atoms with Crippen LogP contribution in [0.5, 0.6) is 0 Å². The average Bonchev–Trinajstić information content (AvgIpc) is 2.78. The van der Waals surface area contributed by atoms with Crippen molar-refractivity contribution in [2.45, 2.75) is 39.4 Å². The standard InChI is InChI=1S/C23H39N5O2/c1-4-24-22(26-19-23(2,3)28-11-15-30-16-12-28)25-17-20-7-5-6-8-21(20)18-27-9-13-29-14-10-27/h5-8H,4,9-19H2,1-3H3,(H2,24,25,26). The monoisotopic (exact) mass is 417 g/mol. The number of hydrogen-bond acceptors (Lipinski definition) is 5. The molecule has 1 aromatic carbocycles. The molecule has 0 bridgehead atoms. The van der Waals surface area contributed by atoms with Gasteiger partial charge in [0.15, 0.2) is 5.96 Å². The first kappa shape index (κ1) is 23.0. The van der Waals surface area contributed by atoms with E-state index in [-0.39, 0.29) is 5.54 Å². The number of nitrogens with one attached hydrogen (secondary N) is 2. The van der Waals surface area contributed by atoms with Crippen molar-refractivity contribution in [3.63, 3.8) is 0 Å². The van der Waals surface area contributed by atoms with Crippen LogP contribution in [-0.4, -0.2) is 87.0 Å². The molecule has 1 aromatic rings. The quantitative estimate of drug-likeness (QED) is 0.496. The van der Waals surface area contributed by atoms with E-state index in [4.69, 9.17) is 14.5 Å². The van der Waals surface area contributed by atoms with Gasteiger partial charge in [0.05, 0.1) is 33.0 Å². The Hall–Kier alpha value is -1.67. The van der Waals surface area contributed by atoms with Crippen LogP contribution in [0.4, 0.5) is 0 Å². The van der Waals surface area contributed by atoms with E-state index < -0.39 is 0 Å². The summed E-state index contributed by atoms with van der Waals surface area (Å²) in [5.41, 5.74) is 2.69. The second kappa shape index (κ2) is 11.6. The minimum atomic E-state index is 0.0498. The Morgan fingerprint density at radius 1 is 0.967 bits per heavy atom. The van der Waals surface area contributed by atoms with Crippen molar-refractivity contribution in [1.82, 2.24) is 20.4 Å². The van der Waals surface area contributed by atoms with Gasteiger partial charge in [-0.2, -0.15) is 0 Å². The number of nitrogens with zero attached hydrogens (tertiary/aromatic N) is 3. The second-order valence-electron chi connectivity index (χ2n) is 8.62. The molecule has 0 aliphatic carbocycles. The summed E-state index contributed by atoms with van der Waals surface area (Å²) in [7, 11) is 0. The van der Waals surface area contributed by atoms with Crippen molar-refractivity contribution in [2.75, 3.05) is 65.7 Å². The SMILES string of the molecule is CCNC(=NCc1ccccc1CN1CCOCC1)NCC(C)(C)N1CCOCC1. The van der Waals surface area contributed by atoms with Crippen LogP contribution < -0.4 is 10.6 Å². The lowest BCUT2D eigenvalue weighted by atomic mass is 10.0.